The molecule has 0 aliphatic rings. The van der Waals surface area contributed by atoms with Gasteiger partial charge in [0.2, 0.25) is 0 Å². The van der Waals surface area contributed by atoms with Gasteiger partial charge >= 0.3 is 0 Å². The molecule has 0 bridgehead atoms. The maximum Gasteiger partial charge on any atom is -0.0000925 e. The highest BCUT2D eigenvalue weighted by atomic mass is 14.4. The van der Waals surface area contributed by atoms with Gasteiger partial charge < -0.3 is 0 Å². The molecule has 0 aromatic heterocycles. The normalized spacial score (nSPS) is 13.5. The Kier molecular flexibility index (Phi) is 13.9. The molecule has 0 aliphatic heterocycles. The molecule has 0 nitrogen and oxygen atoms in total. The summed E-state index contributed by atoms with van der Waals surface area (Å²) in [6.45, 7) is 48.1. The van der Waals surface area contributed by atoms with E-state index in [0.29, 0.717) is 23.7 Å². The fourth-order valence-corrected chi connectivity index (χ4v) is 18.8. The van der Waals surface area contributed by atoms with E-state index in [4.69, 9.17) is 0 Å². The van der Waals surface area contributed by atoms with Crippen molar-refractivity contribution in [2.75, 3.05) is 0 Å². The third-order valence-corrected chi connectivity index (χ3v) is 24.2. The van der Waals surface area contributed by atoms with Crippen molar-refractivity contribution >= 4 is 140 Å². The summed E-state index contributed by atoms with van der Waals surface area (Å²) >= 11 is 0. The van der Waals surface area contributed by atoms with Crippen LogP contribution in [-0.4, -0.2) is 0 Å². The molecule has 0 unspecified atom stereocenters. The van der Waals surface area contributed by atoms with Crippen LogP contribution in [0.3, 0.4) is 0 Å². The summed E-state index contributed by atoms with van der Waals surface area (Å²) in [5, 5.41) is 35.0. The molecule has 0 N–H and O–H groups in total. The second-order valence-corrected chi connectivity index (χ2v) is 36.2. The van der Waals surface area contributed by atoms with Crippen molar-refractivity contribution in [3.05, 3.63) is 239 Å². The Labute approximate surface area is 603 Å². The minimum atomic E-state index is -0.169. The third kappa shape index (κ3) is 9.18. The van der Waals surface area contributed by atoms with Crippen LogP contribution in [0, 0.1) is 0 Å². The SMILES string of the molecule is CC(C)c1cc2ccc(C(C)C)c3c4ccc5c6c(-c7ccccc7)c7c(-c8cc(C(C)(C)C)cc(C(C)(C)C)c8)c8c9ccc%10c%11c(C(C)C)ccc%12cc(C(C)C)cc(c%13ccc(c8c(-c8cc(C(C)(C)C)cc(C(C)(C)C)c8)c7c(-c7ccccc7)c6c6ccc(c(c1)c23)c4c65)c9c%13%10)c%12%11. The molecule has 0 saturated heterocycles. The highest BCUT2D eigenvalue weighted by Gasteiger charge is 2.36. The van der Waals surface area contributed by atoms with E-state index in [2.05, 4.69) is 333 Å². The molecule has 102 heavy (non-hydrogen) atoms. The quantitative estimate of drug-likeness (QED) is 0.105. The lowest BCUT2D eigenvalue weighted by Crippen LogP contribution is -2.17. The zero-order chi connectivity index (χ0) is 71.2. The van der Waals surface area contributed by atoms with Crippen LogP contribution in [-0.2, 0) is 21.7 Å². The van der Waals surface area contributed by atoms with Crippen molar-refractivity contribution in [3.8, 4) is 44.5 Å². The van der Waals surface area contributed by atoms with Gasteiger partial charge in [-0.25, -0.2) is 0 Å². The lowest BCUT2D eigenvalue weighted by Gasteiger charge is -2.29. The average Bonchev–Trinajstić information content (AvgIpc) is 1.47. The summed E-state index contributed by atoms with van der Waals surface area (Å²) in [6, 6.07) is 79.4. The van der Waals surface area contributed by atoms with Crippen LogP contribution in [0.15, 0.2) is 194 Å². The van der Waals surface area contributed by atoms with Crippen LogP contribution in [0.2, 0.25) is 0 Å². The van der Waals surface area contributed by atoms with Gasteiger partial charge in [-0.3, -0.25) is 0 Å². The van der Waals surface area contributed by atoms with Crippen molar-refractivity contribution in [3.63, 3.8) is 0 Å². The van der Waals surface area contributed by atoms with E-state index in [9.17, 15) is 0 Å². The Bertz CT molecular complexity index is 6270. The third-order valence-electron chi connectivity index (χ3n) is 24.2. The fourth-order valence-electron chi connectivity index (χ4n) is 18.8. The van der Waals surface area contributed by atoms with Gasteiger partial charge in [0, 0.05) is 0 Å². The highest BCUT2D eigenvalue weighted by Crippen LogP contribution is 2.63. The first-order chi connectivity index (χ1) is 48.5. The predicted octanol–water partition coefficient (Wildman–Crippen LogP) is 30.8. The van der Waals surface area contributed by atoms with Gasteiger partial charge in [-0.05, 0) is 274 Å². The maximum absolute atomic E-state index is 2.63. The molecule has 18 aromatic carbocycles. The molecule has 504 valence electrons. The summed E-state index contributed by atoms with van der Waals surface area (Å²) in [6.07, 6.45) is 0. The molecule has 18 rings (SSSR count). The number of hydrogen-bond acceptors (Lipinski definition) is 0. The van der Waals surface area contributed by atoms with Gasteiger partial charge in [0.25, 0.3) is 0 Å². The first-order valence-corrected chi connectivity index (χ1v) is 38.1. The molecule has 0 saturated carbocycles. The van der Waals surface area contributed by atoms with E-state index in [-0.39, 0.29) is 21.7 Å². The molecule has 18 aromatic rings. The zero-order valence-corrected chi connectivity index (χ0v) is 63.8. The Balaban J connectivity index is 1.20. The summed E-state index contributed by atoms with van der Waals surface area (Å²) in [7, 11) is 0. The Morgan fingerprint density at radius 1 is 0.196 bits per heavy atom. The van der Waals surface area contributed by atoms with E-state index >= 15 is 0 Å². The van der Waals surface area contributed by atoms with E-state index in [0.717, 1.165) is 0 Å². The zero-order valence-electron chi connectivity index (χ0n) is 63.8. The molecular formula is C102H96. The van der Waals surface area contributed by atoms with E-state index in [1.165, 1.54) is 229 Å². The molecule has 0 spiro atoms. The largest absolute Gasteiger partial charge is 0.0622 e. The van der Waals surface area contributed by atoms with Gasteiger partial charge in [-0.2, -0.15) is 0 Å². The Hall–Kier alpha value is -9.62. The van der Waals surface area contributed by atoms with Crippen LogP contribution in [0.4, 0.5) is 0 Å². The summed E-state index contributed by atoms with van der Waals surface area (Å²) in [5.74, 6) is 1.38. The first-order valence-electron chi connectivity index (χ1n) is 38.1. The van der Waals surface area contributed by atoms with E-state index in [1.54, 1.807) is 0 Å². The first kappa shape index (κ1) is 64.5. The molecular weight excluding hydrogens is 1230 g/mol. The van der Waals surface area contributed by atoms with Crippen molar-refractivity contribution in [2.24, 2.45) is 0 Å². The Morgan fingerprint density at radius 2 is 0.471 bits per heavy atom. The monoisotopic (exact) mass is 1320 g/mol. The van der Waals surface area contributed by atoms with Crippen LogP contribution >= 0.6 is 0 Å². The van der Waals surface area contributed by atoms with Crippen LogP contribution < -0.4 is 0 Å². The molecule has 0 heteroatoms. The van der Waals surface area contributed by atoms with E-state index < -0.39 is 0 Å². The van der Waals surface area contributed by atoms with Gasteiger partial charge in [0.05, 0.1) is 0 Å². The highest BCUT2D eigenvalue weighted by molar-refractivity contribution is 6.51. The van der Waals surface area contributed by atoms with Crippen molar-refractivity contribution in [2.45, 2.75) is 184 Å². The molecule has 0 radical (unpaired) electrons. The molecule has 0 atom stereocenters. The van der Waals surface area contributed by atoms with Crippen LogP contribution in [0.5, 0.6) is 0 Å². The van der Waals surface area contributed by atoms with Gasteiger partial charge in [-0.15, -0.1) is 0 Å². The van der Waals surface area contributed by atoms with Gasteiger partial charge in [0.1, 0.15) is 0 Å². The van der Waals surface area contributed by atoms with Gasteiger partial charge in [0.15, 0.2) is 0 Å². The number of fused-ring (bicyclic) bond motifs is 11. The molecule has 0 fully saturated rings. The van der Waals surface area contributed by atoms with Crippen molar-refractivity contribution < 1.29 is 0 Å². The number of hydrogen-bond donors (Lipinski definition) is 0. The minimum Gasteiger partial charge on any atom is -0.0622 e. The fraction of sp³-hybridized carbons (Fsp3) is 0.275. The van der Waals surface area contributed by atoms with E-state index in [1.807, 2.05) is 0 Å². The van der Waals surface area contributed by atoms with Crippen LogP contribution in [0.25, 0.3) is 185 Å². The lowest BCUT2D eigenvalue weighted by molar-refractivity contribution is 0.568. The minimum absolute atomic E-state index is 0.169. The van der Waals surface area contributed by atoms with Crippen LogP contribution in [0.1, 0.15) is 207 Å². The summed E-state index contributed by atoms with van der Waals surface area (Å²) in [5.41, 5.74) is 20.5. The lowest BCUT2D eigenvalue weighted by atomic mass is 9.74. The second kappa shape index (κ2) is 22.0. The number of benzene rings is 16. The maximum atomic E-state index is 2.63. The summed E-state index contributed by atoms with van der Waals surface area (Å²) < 4.78 is 0. The molecule has 0 heterocycles. The van der Waals surface area contributed by atoms with Crippen molar-refractivity contribution in [1.29, 1.82) is 0 Å². The predicted molar refractivity (Wildman–Crippen MR) is 452 cm³/mol. The Morgan fingerprint density at radius 3 is 0.755 bits per heavy atom. The molecule has 0 amide bonds. The number of rotatable bonds is 8. The molecule has 0 aliphatic carbocycles. The average molecular weight is 1320 g/mol. The van der Waals surface area contributed by atoms with Crippen molar-refractivity contribution in [1.82, 2.24) is 0 Å². The topological polar surface area (TPSA) is 0 Å². The smallest absolute Gasteiger partial charge is 0.0000925 e. The standard InChI is InChI=1S/C102H96/c1-53(2)61-43-59-31-33-69(55(5)6)87-73-39-41-77-91-75(37-35-71(89(73)91)79(49-61)81(59)87)93-83(57-27-23-21-24-28-57)97-85(63-45-65(99(9,10)11)51-66(46-63)100(12,13)14)95-76-38-36-72-80-50-62(54(3)4)44-60-32-34-70(56(7)8)88(82(60)80)74-40-42-78(92(76)90(72)74)96(95)86(98(97)84(94(77)93)58-29-25-22-26-30-58)64-47-67(101(15,16)17)52-68(48-64)102(18,19)20/h21-56H,1-20H3. The second-order valence-electron chi connectivity index (χ2n) is 36.2. The van der Waals surface area contributed by atoms with Gasteiger partial charge in [-0.1, -0.05) is 333 Å². The summed E-state index contributed by atoms with van der Waals surface area (Å²) in [4.78, 5) is 0.